The van der Waals surface area contributed by atoms with E-state index in [1.165, 1.54) is 6.42 Å². The molecule has 10 heavy (non-hydrogen) atoms. The van der Waals surface area contributed by atoms with Crippen LogP contribution in [0.4, 0.5) is 0 Å². The summed E-state index contributed by atoms with van der Waals surface area (Å²) >= 11 is 0. The summed E-state index contributed by atoms with van der Waals surface area (Å²) in [5.74, 6) is 0.532. The summed E-state index contributed by atoms with van der Waals surface area (Å²) in [5.41, 5.74) is 5.86. The minimum atomic E-state index is 0.348. The Morgan fingerprint density at radius 1 is 1.50 bits per heavy atom. The normalized spacial score (nSPS) is 17.6. The predicted octanol–water partition coefficient (Wildman–Crippen LogP) is 2.33. The van der Waals surface area contributed by atoms with Crippen LogP contribution in [0.3, 0.4) is 0 Å². The van der Waals surface area contributed by atoms with E-state index in [4.69, 9.17) is 5.73 Å². The monoisotopic (exact) mass is 141 g/mol. The lowest BCUT2D eigenvalue weighted by Gasteiger charge is -2.14. The molecule has 0 rings (SSSR count). The second kappa shape index (κ2) is 5.48. The third-order valence-electron chi connectivity index (χ3n) is 1.79. The molecule has 0 aliphatic carbocycles. The van der Waals surface area contributed by atoms with Crippen LogP contribution in [0.25, 0.3) is 0 Å². The van der Waals surface area contributed by atoms with Crippen LogP contribution in [0.2, 0.25) is 0 Å². The van der Waals surface area contributed by atoms with Crippen molar-refractivity contribution in [3.63, 3.8) is 0 Å². The van der Waals surface area contributed by atoms with E-state index in [0.717, 1.165) is 6.42 Å². The van der Waals surface area contributed by atoms with Gasteiger partial charge in [-0.2, -0.15) is 0 Å². The van der Waals surface area contributed by atoms with E-state index >= 15 is 0 Å². The van der Waals surface area contributed by atoms with Crippen LogP contribution in [0.1, 0.15) is 33.6 Å². The lowest BCUT2D eigenvalue weighted by atomic mass is 9.98. The third-order valence-corrected chi connectivity index (χ3v) is 1.79. The Kier molecular flexibility index (Phi) is 5.32. The molecule has 0 aromatic rings. The number of rotatable bonds is 4. The average molecular weight is 141 g/mol. The maximum Gasteiger partial charge on any atom is 0.00991 e. The van der Waals surface area contributed by atoms with Crippen LogP contribution >= 0.6 is 0 Å². The summed E-state index contributed by atoms with van der Waals surface area (Å²) in [6, 6.07) is 0.348. The Labute approximate surface area is 64.3 Å². The molecular weight excluding hydrogens is 122 g/mol. The second-order valence-electron chi connectivity index (χ2n) is 2.84. The number of allylic oxidation sites excluding steroid dienone is 1. The predicted molar refractivity (Wildman–Crippen MR) is 46.9 cm³/mol. The smallest absolute Gasteiger partial charge is 0.00991 e. The Hall–Kier alpha value is -0.300. The first-order chi connectivity index (χ1) is 4.72. The van der Waals surface area contributed by atoms with E-state index in [0.29, 0.717) is 12.0 Å². The van der Waals surface area contributed by atoms with E-state index in [1.807, 2.05) is 6.92 Å². The first kappa shape index (κ1) is 9.70. The van der Waals surface area contributed by atoms with Gasteiger partial charge in [0, 0.05) is 6.04 Å². The van der Waals surface area contributed by atoms with Crippen molar-refractivity contribution in [1.82, 2.24) is 0 Å². The molecule has 0 aliphatic rings. The van der Waals surface area contributed by atoms with Gasteiger partial charge in [0.1, 0.15) is 0 Å². The van der Waals surface area contributed by atoms with Crippen LogP contribution in [0.5, 0.6) is 0 Å². The molecule has 0 aromatic heterocycles. The van der Waals surface area contributed by atoms with Crippen molar-refractivity contribution in [2.75, 3.05) is 0 Å². The van der Waals surface area contributed by atoms with Gasteiger partial charge in [-0.3, -0.25) is 0 Å². The molecule has 0 aliphatic heterocycles. The summed E-state index contributed by atoms with van der Waals surface area (Å²) < 4.78 is 0. The third kappa shape index (κ3) is 3.67. The maximum absolute atomic E-state index is 5.86. The molecule has 1 nitrogen and oxygen atoms in total. The zero-order valence-electron chi connectivity index (χ0n) is 7.30. The fourth-order valence-electron chi connectivity index (χ4n) is 1.04. The number of hydrogen-bond donors (Lipinski definition) is 1. The van der Waals surface area contributed by atoms with Crippen molar-refractivity contribution in [3.8, 4) is 0 Å². The molecule has 60 valence electrons. The van der Waals surface area contributed by atoms with Gasteiger partial charge in [0.2, 0.25) is 0 Å². The highest BCUT2D eigenvalue weighted by Crippen LogP contribution is 2.07. The molecule has 0 saturated carbocycles. The topological polar surface area (TPSA) is 26.0 Å². The van der Waals surface area contributed by atoms with Gasteiger partial charge in [-0.25, -0.2) is 0 Å². The quantitative estimate of drug-likeness (QED) is 0.597. The number of nitrogens with two attached hydrogens (primary N) is 1. The molecular formula is C9H19N. The lowest BCUT2D eigenvalue weighted by molar-refractivity contribution is 0.498. The highest BCUT2D eigenvalue weighted by atomic mass is 14.6. The van der Waals surface area contributed by atoms with Gasteiger partial charge in [0.05, 0.1) is 0 Å². The molecule has 0 saturated heterocycles. The fraction of sp³-hybridized carbons (Fsp3) is 0.778. The lowest BCUT2D eigenvalue weighted by Crippen LogP contribution is -2.26. The van der Waals surface area contributed by atoms with E-state index in [9.17, 15) is 0 Å². The molecule has 0 spiro atoms. The molecule has 0 heterocycles. The molecule has 2 unspecified atom stereocenters. The minimum Gasteiger partial charge on any atom is -0.327 e. The van der Waals surface area contributed by atoms with Crippen LogP contribution in [0, 0.1) is 5.92 Å². The maximum atomic E-state index is 5.86. The van der Waals surface area contributed by atoms with Crippen molar-refractivity contribution in [3.05, 3.63) is 12.2 Å². The summed E-state index contributed by atoms with van der Waals surface area (Å²) in [7, 11) is 0. The van der Waals surface area contributed by atoms with Gasteiger partial charge in [-0.15, -0.1) is 0 Å². The SMILES string of the molecule is CC=CC(C)C(N)CCC. The Balaban J connectivity index is 3.58. The molecule has 0 fully saturated rings. The van der Waals surface area contributed by atoms with Crippen molar-refractivity contribution in [2.24, 2.45) is 11.7 Å². The van der Waals surface area contributed by atoms with Crippen LogP contribution in [0.15, 0.2) is 12.2 Å². The zero-order chi connectivity index (χ0) is 7.98. The molecule has 2 N–H and O–H groups in total. The first-order valence-corrected chi connectivity index (χ1v) is 4.10. The standard InChI is InChI=1S/C9H19N/c1-4-6-8(3)9(10)7-5-2/h4,6,8-9H,5,7,10H2,1-3H3. The summed E-state index contributed by atoms with van der Waals surface area (Å²) in [5, 5.41) is 0. The van der Waals surface area contributed by atoms with Gasteiger partial charge in [-0.1, -0.05) is 32.4 Å². The summed E-state index contributed by atoms with van der Waals surface area (Å²) in [6.45, 7) is 6.37. The van der Waals surface area contributed by atoms with E-state index < -0.39 is 0 Å². The van der Waals surface area contributed by atoms with Gasteiger partial charge in [0.25, 0.3) is 0 Å². The Morgan fingerprint density at radius 3 is 2.50 bits per heavy atom. The van der Waals surface area contributed by atoms with Crippen molar-refractivity contribution < 1.29 is 0 Å². The van der Waals surface area contributed by atoms with Crippen LogP contribution < -0.4 is 5.73 Å². The zero-order valence-corrected chi connectivity index (χ0v) is 7.30. The van der Waals surface area contributed by atoms with Gasteiger partial charge in [0.15, 0.2) is 0 Å². The van der Waals surface area contributed by atoms with Gasteiger partial charge in [-0.05, 0) is 19.3 Å². The largest absolute Gasteiger partial charge is 0.327 e. The van der Waals surface area contributed by atoms with Gasteiger partial charge >= 0.3 is 0 Å². The average Bonchev–Trinajstić information content (AvgIpc) is 1.89. The van der Waals surface area contributed by atoms with E-state index in [1.54, 1.807) is 0 Å². The fourth-order valence-corrected chi connectivity index (χ4v) is 1.04. The van der Waals surface area contributed by atoms with Crippen LogP contribution in [-0.2, 0) is 0 Å². The highest BCUT2D eigenvalue weighted by molar-refractivity contribution is 4.88. The Morgan fingerprint density at radius 2 is 2.10 bits per heavy atom. The van der Waals surface area contributed by atoms with Crippen molar-refractivity contribution >= 4 is 0 Å². The molecule has 0 radical (unpaired) electrons. The molecule has 2 atom stereocenters. The molecule has 0 aromatic carbocycles. The summed E-state index contributed by atoms with van der Waals surface area (Å²) in [6.07, 6.45) is 6.55. The van der Waals surface area contributed by atoms with E-state index in [-0.39, 0.29) is 0 Å². The molecule has 0 amide bonds. The Bertz CT molecular complexity index is 96.9. The molecule has 1 heteroatoms. The minimum absolute atomic E-state index is 0.348. The second-order valence-corrected chi connectivity index (χ2v) is 2.84. The number of hydrogen-bond acceptors (Lipinski definition) is 1. The van der Waals surface area contributed by atoms with Crippen molar-refractivity contribution in [2.45, 2.75) is 39.7 Å². The highest BCUT2D eigenvalue weighted by Gasteiger charge is 2.06. The summed E-state index contributed by atoms with van der Waals surface area (Å²) in [4.78, 5) is 0. The van der Waals surface area contributed by atoms with E-state index in [2.05, 4.69) is 26.0 Å². The van der Waals surface area contributed by atoms with Crippen molar-refractivity contribution in [1.29, 1.82) is 0 Å². The molecule has 0 bridgehead atoms. The van der Waals surface area contributed by atoms with Crippen LogP contribution in [-0.4, -0.2) is 6.04 Å². The first-order valence-electron chi connectivity index (χ1n) is 4.10. The van der Waals surface area contributed by atoms with Gasteiger partial charge < -0.3 is 5.73 Å².